The van der Waals surface area contributed by atoms with Crippen molar-refractivity contribution in [2.45, 2.75) is 25.4 Å². The molecule has 4 aromatic rings. The van der Waals surface area contributed by atoms with Gasteiger partial charge in [0.2, 0.25) is 5.91 Å². The number of rotatable bonds is 8. The third-order valence-corrected chi connectivity index (χ3v) is 5.53. The molecule has 1 atom stereocenters. The van der Waals surface area contributed by atoms with E-state index in [1.165, 1.54) is 0 Å². The number of carbonyl (C=O) groups excluding carboxylic acids is 2. The van der Waals surface area contributed by atoms with Crippen molar-refractivity contribution in [2.24, 2.45) is 0 Å². The first-order valence-electron chi connectivity index (χ1n) is 10.7. The van der Waals surface area contributed by atoms with Gasteiger partial charge in [-0.25, -0.2) is 10.2 Å². The summed E-state index contributed by atoms with van der Waals surface area (Å²) in [7, 11) is 1.71. The van der Waals surface area contributed by atoms with Crippen LogP contribution in [0.3, 0.4) is 0 Å². The van der Waals surface area contributed by atoms with Crippen molar-refractivity contribution in [3.8, 4) is 0 Å². The molecule has 1 heterocycles. The molecule has 1 unspecified atom stereocenters. The first-order valence-corrected chi connectivity index (χ1v) is 10.7. The van der Waals surface area contributed by atoms with Gasteiger partial charge in [0, 0.05) is 12.6 Å². The molecule has 168 valence electrons. The molecule has 0 bridgehead atoms. The van der Waals surface area contributed by atoms with Crippen molar-refractivity contribution in [1.29, 1.82) is 0 Å². The Morgan fingerprint density at radius 1 is 1.03 bits per heavy atom. The maximum absolute atomic E-state index is 12.6. The molecule has 1 aromatic heterocycles. The number of hydroxylamine groups is 1. The van der Waals surface area contributed by atoms with Gasteiger partial charge in [-0.2, -0.15) is 0 Å². The number of nitrogens with zero attached hydrogens (tertiary/aromatic N) is 4. The molecule has 0 saturated heterocycles. The lowest BCUT2D eigenvalue weighted by Gasteiger charge is -2.17. The summed E-state index contributed by atoms with van der Waals surface area (Å²) in [4.78, 5) is 26.1. The second-order valence-corrected chi connectivity index (χ2v) is 8.00. The zero-order valence-electron chi connectivity index (χ0n) is 18.3. The lowest BCUT2D eigenvalue weighted by molar-refractivity contribution is -0.130. The Hall–Kier alpha value is -4.04. The molecule has 0 spiro atoms. The lowest BCUT2D eigenvalue weighted by atomic mass is 10.00. The summed E-state index contributed by atoms with van der Waals surface area (Å²) in [5, 5.41) is 19.7. The van der Waals surface area contributed by atoms with Crippen LogP contribution in [0, 0.1) is 0 Å². The smallest absolute Gasteiger partial charge is 0.253 e. The van der Waals surface area contributed by atoms with E-state index in [1.54, 1.807) is 40.4 Å². The number of carbonyl (C=O) groups is 2. The summed E-state index contributed by atoms with van der Waals surface area (Å²) in [6.45, 7) is 0.280. The van der Waals surface area contributed by atoms with Crippen molar-refractivity contribution in [3.63, 3.8) is 0 Å². The molecule has 0 radical (unpaired) electrons. The second-order valence-electron chi connectivity index (χ2n) is 8.00. The fourth-order valence-corrected chi connectivity index (χ4v) is 3.84. The van der Waals surface area contributed by atoms with E-state index in [9.17, 15) is 9.59 Å². The molecule has 2 N–H and O–H groups in total. The second kappa shape index (κ2) is 10.1. The Morgan fingerprint density at radius 3 is 2.52 bits per heavy atom. The molecule has 8 heteroatoms. The highest BCUT2D eigenvalue weighted by atomic mass is 16.5. The zero-order valence-corrected chi connectivity index (χ0v) is 18.3. The standard InChI is InChI=1S/C25H25N5O3/c1-29(25(32)20-8-3-2-4-9-20)16-22-17-30(28-26-22)23(15-24(31)27-33)14-18-11-12-19-7-5-6-10-21(19)13-18/h2-13,17,23,33H,14-16H2,1H3,(H,27,31). The van der Waals surface area contributed by atoms with Crippen molar-refractivity contribution in [1.82, 2.24) is 25.4 Å². The van der Waals surface area contributed by atoms with E-state index in [0.717, 1.165) is 16.3 Å². The third kappa shape index (κ3) is 5.42. The van der Waals surface area contributed by atoms with Crippen LogP contribution < -0.4 is 5.48 Å². The van der Waals surface area contributed by atoms with E-state index >= 15 is 0 Å². The van der Waals surface area contributed by atoms with Gasteiger partial charge in [0.05, 0.1) is 25.2 Å². The molecule has 0 aliphatic rings. The first-order chi connectivity index (χ1) is 16.0. The number of hydrogen-bond acceptors (Lipinski definition) is 5. The maximum Gasteiger partial charge on any atom is 0.253 e. The summed E-state index contributed by atoms with van der Waals surface area (Å²) in [5.74, 6) is -0.619. The van der Waals surface area contributed by atoms with Gasteiger partial charge in [0.25, 0.3) is 5.91 Å². The SMILES string of the molecule is CN(Cc1cn(C(CC(=O)NO)Cc2ccc3ccccc3c2)nn1)C(=O)c1ccccc1. The number of amides is 2. The predicted molar refractivity (Wildman–Crippen MR) is 123 cm³/mol. The topological polar surface area (TPSA) is 100 Å². The normalized spacial score (nSPS) is 11.8. The van der Waals surface area contributed by atoms with Crippen LogP contribution in [0.1, 0.15) is 34.1 Å². The Balaban J connectivity index is 1.51. The average Bonchev–Trinajstić information content (AvgIpc) is 3.31. The Labute approximate surface area is 191 Å². The molecule has 0 saturated carbocycles. The minimum Gasteiger partial charge on any atom is -0.336 e. The minimum atomic E-state index is -0.505. The summed E-state index contributed by atoms with van der Waals surface area (Å²) in [5.41, 5.74) is 3.94. The summed E-state index contributed by atoms with van der Waals surface area (Å²) in [6, 6.07) is 22.9. The van der Waals surface area contributed by atoms with Crippen LogP contribution in [-0.2, 0) is 17.8 Å². The summed E-state index contributed by atoms with van der Waals surface area (Å²) >= 11 is 0. The van der Waals surface area contributed by atoms with E-state index in [4.69, 9.17) is 5.21 Å². The Bertz CT molecular complexity index is 1260. The fraction of sp³-hybridized carbons (Fsp3) is 0.200. The van der Waals surface area contributed by atoms with Crippen LogP contribution in [0.25, 0.3) is 10.8 Å². The number of aromatic nitrogens is 3. The molecule has 0 aliphatic carbocycles. The van der Waals surface area contributed by atoms with Gasteiger partial charge >= 0.3 is 0 Å². The van der Waals surface area contributed by atoms with Gasteiger partial charge in [0.15, 0.2) is 0 Å². The van der Waals surface area contributed by atoms with Gasteiger partial charge in [-0.15, -0.1) is 5.10 Å². The number of hydrogen-bond donors (Lipinski definition) is 2. The zero-order chi connectivity index (χ0) is 23.2. The highest BCUT2D eigenvalue weighted by molar-refractivity contribution is 5.93. The van der Waals surface area contributed by atoms with Crippen molar-refractivity contribution in [3.05, 3.63) is 95.8 Å². The van der Waals surface area contributed by atoms with Gasteiger partial charge in [-0.05, 0) is 34.9 Å². The van der Waals surface area contributed by atoms with E-state index < -0.39 is 5.91 Å². The Morgan fingerprint density at radius 2 is 1.76 bits per heavy atom. The van der Waals surface area contributed by atoms with Crippen LogP contribution >= 0.6 is 0 Å². The highest BCUT2D eigenvalue weighted by Crippen LogP contribution is 2.22. The molecular formula is C25H25N5O3. The Kier molecular flexibility index (Phi) is 6.75. The van der Waals surface area contributed by atoms with Crippen LogP contribution in [-0.4, -0.2) is 44.0 Å². The molecule has 8 nitrogen and oxygen atoms in total. The first kappa shape index (κ1) is 22.2. The van der Waals surface area contributed by atoms with E-state index in [1.807, 2.05) is 54.6 Å². The van der Waals surface area contributed by atoms with Crippen molar-refractivity contribution < 1.29 is 14.8 Å². The van der Waals surface area contributed by atoms with Crippen LogP contribution in [0.4, 0.5) is 0 Å². The quantitative estimate of drug-likeness (QED) is 0.321. The number of nitrogens with one attached hydrogen (secondary N) is 1. The van der Waals surface area contributed by atoms with E-state index in [0.29, 0.717) is 17.7 Å². The third-order valence-electron chi connectivity index (χ3n) is 5.53. The molecule has 4 rings (SSSR count). The van der Waals surface area contributed by atoms with Gasteiger partial charge in [-0.1, -0.05) is 65.9 Å². The highest BCUT2D eigenvalue weighted by Gasteiger charge is 2.20. The molecular weight excluding hydrogens is 418 g/mol. The molecule has 0 fully saturated rings. The summed E-state index contributed by atoms with van der Waals surface area (Å²) < 4.78 is 1.63. The van der Waals surface area contributed by atoms with Gasteiger partial charge in [-0.3, -0.25) is 14.8 Å². The van der Waals surface area contributed by atoms with Crippen LogP contribution in [0.5, 0.6) is 0 Å². The van der Waals surface area contributed by atoms with Gasteiger partial charge in [0.1, 0.15) is 5.69 Å². The fourth-order valence-electron chi connectivity index (χ4n) is 3.84. The van der Waals surface area contributed by atoms with Crippen LogP contribution in [0.15, 0.2) is 79.0 Å². The average molecular weight is 444 g/mol. The van der Waals surface area contributed by atoms with E-state index in [2.05, 4.69) is 16.4 Å². The van der Waals surface area contributed by atoms with Crippen LogP contribution in [0.2, 0.25) is 0 Å². The largest absolute Gasteiger partial charge is 0.336 e. The molecule has 2 amide bonds. The number of fused-ring (bicyclic) bond motifs is 1. The van der Waals surface area contributed by atoms with Gasteiger partial charge < -0.3 is 4.90 Å². The molecule has 33 heavy (non-hydrogen) atoms. The van der Waals surface area contributed by atoms with E-state index in [-0.39, 0.29) is 24.9 Å². The molecule has 3 aromatic carbocycles. The summed E-state index contributed by atoms with van der Waals surface area (Å²) in [6.07, 6.45) is 2.30. The lowest BCUT2D eigenvalue weighted by Crippen LogP contribution is -2.26. The van der Waals surface area contributed by atoms with Crippen molar-refractivity contribution in [2.75, 3.05) is 7.05 Å². The molecule has 0 aliphatic heterocycles. The van der Waals surface area contributed by atoms with Crippen molar-refractivity contribution >= 4 is 22.6 Å². The predicted octanol–water partition coefficient (Wildman–Crippen LogP) is 3.38. The minimum absolute atomic E-state index is 0.0327. The number of benzene rings is 3. The maximum atomic E-state index is 12.6. The monoisotopic (exact) mass is 443 g/mol.